The van der Waals surface area contributed by atoms with E-state index in [4.69, 9.17) is 9.26 Å². The Hall–Kier alpha value is -3.12. The van der Waals surface area contributed by atoms with Crippen LogP contribution in [0.2, 0.25) is 0 Å². The van der Waals surface area contributed by atoms with Crippen LogP contribution in [0.1, 0.15) is 24.2 Å². The van der Waals surface area contributed by atoms with E-state index in [-0.39, 0.29) is 0 Å². The van der Waals surface area contributed by atoms with Gasteiger partial charge in [-0.05, 0) is 50.2 Å². The van der Waals surface area contributed by atoms with E-state index in [9.17, 15) is 9.36 Å². The zero-order valence-electron chi connectivity index (χ0n) is 16.9. The molecule has 30 heavy (non-hydrogen) atoms. The van der Waals surface area contributed by atoms with Gasteiger partial charge in [0.05, 0.1) is 5.56 Å². The molecule has 0 aromatic heterocycles. The molecule has 2 unspecified atom stereocenters. The van der Waals surface area contributed by atoms with Crippen molar-refractivity contribution in [3.05, 3.63) is 96.6 Å². The molecule has 3 aromatic rings. The van der Waals surface area contributed by atoms with Gasteiger partial charge in [-0.1, -0.05) is 66.4 Å². The largest absolute Gasteiger partial charge is 0.446 e. The van der Waals surface area contributed by atoms with Crippen molar-refractivity contribution in [3.63, 3.8) is 0 Å². The Morgan fingerprint density at radius 2 is 1.17 bits per heavy atom. The Bertz CT molecular complexity index is 1030. The minimum Gasteiger partial charge on any atom is -0.446 e. The molecule has 0 aliphatic rings. The summed E-state index contributed by atoms with van der Waals surface area (Å²) >= 11 is 0. The third-order valence-corrected chi connectivity index (χ3v) is 6.85. The van der Waals surface area contributed by atoms with E-state index in [0.717, 1.165) is 0 Å². The van der Waals surface area contributed by atoms with Crippen molar-refractivity contribution in [1.82, 2.24) is 0 Å². The summed E-state index contributed by atoms with van der Waals surface area (Å²) in [5.41, 5.74) is 0.466. The van der Waals surface area contributed by atoms with E-state index in [1.165, 1.54) is 0 Å². The second-order valence-corrected chi connectivity index (χ2v) is 9.02. The predicted molar refractivity (Wildman–Crippen MR) is 119 cm³/mol. The average Bonchev–Trinajstić information content (AvgIpc) is 2.79. The van der Waals surface area contributed by atoms with Crippen LogP contribution in [0.25, 0.3) is 0 Å². The van der Waals surface area contributed by atoms with Crippen molar-refractivity contribution >= 4 is 23.9 Å². The Morgan fingerprint density at radius 3 is 1.67 bits per heavy atom. The van der Waals surface area contributed by atoms with Crippen molar-refractivity contribution in [2.24, 2.45) is 0 Å². The number of hydrogen-bond acceptors (Lipinski definition) is 4. The molecule has 0 radical (unpaired) electrons. The monoisotopic (exact) mass is 418 g/mol. The van der Waals surface area contributed by atoms with Crippen LogP contribution in [0.3, 0.4) is 0 Å². The van der Waals surface area contributed by atoms with Gasteiger partial charge in [-0.2, -0.15) is 0 Å². The summed E-state index contributed by atoms with van der Waals surface area (Å²) in [6, 6.07) is 27.0. The summed E-state index contributed by atoms with van der Waals surface area (Å²) in [4.78, 5) is 12.1. The van der Waals surface area contributed by atoms with Crippen LogP contribution >= 0.6 is 7.37 Å². The van der Waals surface area contributed by atoms with Gasteiger partial charge in [-0.15, -0.1) is 0 Å². The smallest absolute Gasteiger partial charge is 0.339 e. The van der Waals surface area contributed by atoms with E-state index >= 15 is 0 Å². The second kappa shape index (κ2) is 10.1. The summed E-state index contributed by atoms with van der Waals surface area (Å²) < 4.78 is 25.2. The average molecular weight is 418 g/mol. The standard InChI is InChI=1S/C25H23O4P/c1-20(28-25(26)22-12-6-3-7-13-22)18-19-21(2)29-30(27,23-14-8-4-9-15-23)24-16-10-5-11-17-24/h3-17,20-21H,1-2H3. The fourth-order valence-corrected chi connectivity index (χ4v) is 5.00. The maximum absolute atomic E-state index is 13.9. The van der Waals surface area contributed by atoms with Crippen molar-refractivity contribution in [1.29, 1.82) is 0 Å². The summed E-state index contributed by atoms with van der Waals surface area (Å²) in [7, 11) is -3.33. The van der Waals surface area contributed by atoms with Crippen LogP contribution in [0.15, 0.2) is 91.0 Å². The Balaban J connectivity index is 1.74. The second-order valence-electron chi connectivity index (χ2n) is 6.67. The first kappa shape index (κ1) is 21.6. The molecule has 3 aromatic carbocycles. The zero-order valence-corrected chi connectivity index (χ0v) is 17.8. The van der Waals surface area contributed by atoms with Gasteiger partial charge < -0.3 is 9.26 Å². The van der Waals surface area contributed by atoms with Gasteiger partial charge in [0.25, 0.3) is 7.37 Å². The number of hydrogen-bond donors (Lipinski definition) is 0. The molecule has 0 saturated carbocycles. The number of carbonyl (C=O) groups is 1. The molecule has 4 nitrogen and oxygen atoms in total. The Labute approximate surface area is 177 Å². The summed E-state index contributed by atoms with van der Waals surface area (Å²) in [6.45, 7) is 3.42. The fraction of sp³-hybridized carbons (Fsp3) is 0.160. The van der Waals surface area contributed by atoms with E-state index in [0.29, 0.717) is 16.2 Å². The van der Waals surface area contributed by atoms with Gasteiger partial charge in [0, 0.05) is 10.6 Å². The topological polar surface area (TPSA) is 52.6 Å². The van der Waals surface area contributed by atoms with E-state index in [2.05, 4.69) is 11.8 Å². The van der Waals surface area contributed by atoms with Gasteiger partial charge in [0.1, 0.15) is 6.10 Å². The van der Waals surface area contributed by atoms with Crippen molar-refractivity contribution in [3.8, 4) is 11.8 Å². The van der Waals surface area contributed by atoms with Crippen LogP contribution in [0, 0.1) is 11.8 Å². The number of rotatable bonds is 6. The highest BCUT2D eigenvalue weighted by Gasteiger charge is 2.30. The van der Waals surface area contributed by atoms with Crippen LogP contribution in [0.4, 0.5) is 0 Å². The molecule has 0 bridgehead atoms. The summed E-state index contributed by atoms with van der Waals surface area (Å²) in [6.07, 6.45) is -1.26. The number of ether oxygens (including phenoxy) is 1. The third-order valence-electron chi connectivity index (χ3n) is 4.28. The summed E-state index contributed by atoms with van der Waals surface area (Å²) in [5.74, 6) is 5.34. The molecule has 0 fully saturated rings. The molecule has 152 valence electrons. The maximum Gasteiger partial charge on any atom is 0.339 e. The van der Waals surface area contributed by atoms with E-state index < -0.39 is 25.5 Å². The molecule has 0 saturated heterocycles. The van der Waals surface area contributed by atoms with Crippen LogP contribution < -0.4 is 10.6 Å². The molecular formula is C25H23O4P. The minimum absolute atomic E-state index is 0.440. The molecule has 0 heterocycles. The quantitative estimate of drug-likeness (QED) is 0.334. The lowest BCUT2D eigenvalue weighted by atomic mass is 10.2. The van der Waals surface area contributed by atoms with Gasteiger partial charge in [0.2, 0.25) is 0 Å². The number of carbonyl (C=O) groups excluding carboxylic acids is 1. The molecule has 5 heteroatoms. The third kappa shape index (κ3) is 5.48. The van der Waals surface area contributed by atoms with Gasteiger partial charge in [-0.3, -0.25) is 4.57 Å². The molecule has 0 spiro atoms. The van der Waals surface area contributed by atoms with E-state index in [1.54, 1.807) is 62.4 Å². The lowest BCUT2D eigenvalue weighted by Crippen LogP contribution is -2.21. The molecule has 0 amide bonds. The van der Waals surface area contributed by atoms with E-state index in [1.807, 2.05) is 42.5 Å². The normalized spacial score (nSPS) is 12.9. The highest BCUT2D eigenvalue weighted by Crippen LogP contribution is 2.45. The lowest BCUT2D eigenvalue weighted by Gasteiger charge is -2.21. The number of esters is 1. The van der Waals surface area contributed by atoms with Crippen molar-refractivity contribution in [2.45, 2.75) is 26.1 Å². The van der Waals surface area contributed by atoms with Gasteiger partial charge >= 0.3 is 5.97 Å². The van der Waals surface area contributed by atoms with Crippen LogP contribution in [-0.2, 0) is 13.8 Å². The maximum atomic E-state index is 13.9. The fourth-order valence-electron chi connectivity index (χ4n) is 2.84. The van der Waals surface area contributed by atoms with Gasteiger partial charge in [-0.25, -0.2) is 4.79 Å². The molecule has 3 rings (SSSR count). The first-order valence-corrected chi connectivity index (χ1v) is 11.3. The summed E-state index contributed by atoms with van der Waals surface area (Å²) in [5, 5.41) is 1.21. The van der Waals surface area contributed by atoms with Gasteiger partial charge in [0.15, 0.2) is 6.10 Å². The SMILES string of the molecule is CC(C#CC(C)OP(=O)(c1ccccc1)c1ccccc1)OC(=O)c1ccccc1. The molecule has 0 aliphatic heterocycles. The molecular weight excluding hydrogens is 395 g/mol. The predicted octanol–water partition coefficient (Wildman–Crippen LogP) is 4.57. The zero-order chi connectivity index (χ0) is 21.4. The van der Waals surface area contributed by atoms with Crippen LogP contribution in [0.5, 0.6) is 0 Å². The molecule has 0 N–H and O–H groups in total. The highest BCUT2D eigenvalue weighted by molar-refractivity contribution is 7.74. The van der Waals surface area contributed by atoms with Crippen molar-refractivity contribution < 1.29 is 18.6 Å². The minimum atomic E-state index is -3.33. The molecule has 2 atom stereocenters. The first-order chi connectivity index (χ1) is 14.5. The van der Waals surface area contributed by atoms with Crippen LogP contribution in [-0.4, -0.2) is 18.2 Å². The molecule has 0 aliphatic carbocycles. The lowest BCUT2D eigenvalue weighted by molar-refractivity contribution is 0.0438. The Kier molecular flexibility index (Phi) is 7.25. The first-order valence-electron chi connectivity index (χ1n) is 9.66. The highest BCUT2D eigenvalue weighted by atomic mass is 31.2. The van der Waals surface area contributed by atoms with Crippen molar-refractivity contribution in [2.75, 3.05) is 0 Å². The number of benzene rings is 3. The Morgan fingerprint density at radius 1 is 0.733 bits per heavy atom.